The second-order valence-corrected chi connectivity index (χ2v) is 7.03. The number of thiophene rings is 1. The fourth-order valence-electron chi connectivity index (χ4n) is 3.56. The van der Waals surface area contributed by atoms with Crippen molar-refractivity contribution in [2.45, 2.75) is 51.5 Å². The predicted molar refractivity (Wildman–Crippen MR) is 82.7 cm³/mol. The number of amides is 1. The SMILES string of the molecule is CC[NH+]1CCCC(NC(=O)c2scc3c2CCCC3)C1. The standard InChI is InChI=1S/C16H24N2OS/c1-2-18-9-5-7-13(10-18)17-16(19)15-14-8-4-3-6-12(14)11-20-15/h11,13H,2-10H2,1H3,(H,17,19)/p+1. The first-order valence-electron chi connectivity index (χ1n) is 8.01. The van der Waals surface area contributed by atoms with Crippen LogP contribution in [0.2, 0.25) is 0 Å². The zero-order chi connectivity index (χ0) is 13.9. The van der Waals surface area contributed by atoms with Gasteiger partial charge in [0.2, 0.25) is 0 Å². The molecule has 0 spiro atoms. The van der Waals surface area contributed by atoms with Crippen LogP contribution in [0.15, 0.2) is 5.38 Å². The number of rotatable bonds is 3. The Kier molecular flexibility index (Phi) is 4.41. The molecule has 3 rings (SSSR count). The van der Waals surface area contributed by atoms with E-state index < -0.39 is 0 Å². The number of carbonyl (C=O) groups excluding carboxylic acids is 1. The molecule has 110 valence electrons. The molecule has 0 radical (unpaired) electrons. The number of likely N-dealkylation sites (N-methyl/N-ethyl adjacent to an activating group) is 1. The Labute approximate surface area is 125 Å². The van der Waals surface area contributed by atoms with Crippen molar-refractivity contribution in [3.63, 3.8) is 0 Å². The van der Waals surface area contributed by atoms with Crippen LogP contribution in [-0.4, -0.2) is 31.6 Å². The van der Waals surface area contributed by atoms with Crippen LogP contribution in [0.5, 0.6) is 0 Å². The zero-order valence-electron chi connectivity index (χ0n) is 12.3. The molecule has 1 aliphatic carbocycles. The first-order valence-corrected chi connectivity index (χ1v) is 8.89. The van der Waals surface area contributed by atoms with Crippen LogP contribution in [0, 0.1) is 0 Å². The van der Waals surface area contributed by atoms with Gasteiger partial charge in [-0.25, -0.2) is 0 Å². The van der Waals surface area contributed by atoms with E-state index >= 15 is 0 Å². The minimum atomic E-state index is 0.181. The molecule has 1 aromatic rings. The summed E-state index contributed by atoms with van der Waals surface area (Å²) in [6, 6.07) is 0.368. The summed E-state index contributed by atoms with van der Waals surface area (Å²) in [4.78, 5) is 15.1. The van der Waals surface area contributed by atoms with E-state index in [9.17, 15) is 4.79 Å². The first kappa shape index (κ1) is 14.1. The molecule has 0 saturated carbocycles. The van der Waals surface area contributed by atoms with Crippen molar-refractivity contribution < 1.29 is 9.69 Å². The lowest BCUT2D eigenvalue weighted by molar-refractivity contribution is -0.904. The van der Waals surface area contributed by atoms with Gasteiger partial charge in [0.1, 0.15) is 0 Å². The number of nitrogens with one attached hydrogen (secondary N) is 2. The third-order valence-electron chi connectivity index (χ3n) is 4.76. The van der Waals surface area contributed by atoms with Crippen molar-refractivity contribution >= 4 is 17.2 Å². The molecular weight excluding hydrogens is 268 g/mol. The molecule has 0 bridgehead atoms. The van der Waals surface area contributed by atoms with Crippen molar-refractivity contribution in [3.05, 3.63) is 21.4 Å². The molecule has 20 heavy (non-hydrogen) atoms. The maximum atomic E-state index is 12.5. The molecule has 0 aromatic carbocycles. The van der Waals surface area contributed by atoms with E-state index in [-0.39, 0.29) is 5.91 Å². The van der Waals surface area contributed by atoms with Gasteiger partial charge in [-0.05, 0) is 62.0 Å². The van der Waals surface area contributed by atoms with Crippen molar-refractivity contribution in [3.8, 4) is 0 Å². The molecule has 3 nitrogen and oxygen atoms in total. The summed E-state index contributed by atoms with van der Waals surface area (Å²) in [5, 5.41) is 5.49. The number of hydrogen-bond acceptors (Lipinski definition) is 2. The highest BCUT2D eigenvalue weighted by Gasteiger charge is 2.26. The normalized spacial score (nSPS) is 26.1. The number of carbonyl (C=O) groups is 1. The Morgan fingerprint density at radius 2 is 2.25 bits per heavy atom. The van der Waals surface area contributed by atoms with Crippen LogP contribution in [0.25, 0.3) is 0 Å². The summed E-state index contributed by atoms with van der Waals surface area (Å²) in [6.45, 7) is 5.75. The number of likely N-dealkylation sites (tertiary alicyclic amines) is 1. The van der Waals surface area contributed by atoms with E-state index in [1.54, 1.807) is 16.2 Å². The summed E-state index contributed by atoms with van der Waals surface area (Å²) < 4.78 is 0. The minimum Gasteiger partial charge on any atom is -0.343 e. The van der Waals surface area contributed by atoms with Crippen molar-refractivity contribution in [1.82, 2.24) is 5.32 Å². The monoisotopic (exact) mass is 293 g/mol. The summed E-state index contributed by atoms with van der Waals surface area (Å²) >= 11 is 1.65. The fourth-order valence-corrected chi connectivity index (χ4v) is 4.62. The zero-order valence-corrected chi connectivity index (χ0v) is 13.2. The van der Waals surface area contributed by atoms with Gasteiger partial charge in [-0.15, -0.1) is 11.3 Å². The Bertz CT molecular complexity index is 483. The summed E-state index contributed by atoms with van der Waals surface area (Å²) in [5.41, 5.74) is 2.77. The molecule has 1 aliphatic heterocycles. The largest absolute Gasteiger partial charge is 0.343 e. The number of fused-ring (bicyclic) bond motifs is 1. The molecule has 2 heterocycles. The van der Waals surface area contributed by atoms with Crippen molar-refractivity contribution in [1.29, 1.82) is 0 Å². The topological polar surface area (TPSA) is 33.5 Å². The van der Waals surface area contributed by atoms with Crippen LogP contribution in [0.1, 0.15) is 53.4 Å². The molecular formula is C16H25N2OS+. The molecule has 2 atom stereocenters. The molecule has 2 unspecified atom stereocenters. The highest BCUT2D eigenvalue weighted by molar-refractivity contribution is 7.12. The van der Waals surface area contributed by atoms with E-state index in [2.05, 4.69) is 17.6 Å². The average molecular weight is 293 g/mol. The summed E-state index contributed by atoms with van der Waals surface area (Å²) in [7, 11) is 0. The van der Waals surface area contributed by atoms with Crippen LogP contribution >= 0.6 is 11.3 Å². The average Bonchev–Trinajstić information content (AvgIpc) is 2.91. The Morgan fingerprint density at radius 3 is 3.10 bits per heavy atom. The van der Waals surface area contributed by atoms with Crippen LogP contribution < -0.4 is 10.2 Å². The summed E-state index contributed by atoms with van der Waals surface area (Å²) in [5.74, 6) is 0.181. The smallest absolute Gasteiger partial charge is 0.262 e. The molecule has 1 fully saturated rings. The van der Waals surface area contributed by atoms with Gasteiger partial charge in [-0.1, -0.05) is 0 Å². The van der Waals surface area contributed by atoms with E-state index in [1.807, 2.05) is 0 Å². The highest BCUT2D eigenvalue weighted by Crippen LogP contribution is 2.29. The fraction of sp³-hybridized carbons (Fsp3) is 0.688. The Morgan fingerprint density at radius 1 is 1.40 bits per heavy atom. The third-order valence-corrected chi connectivity index (χ3v) is 5.83. The summed E-state index contributed by atoms with van der Waals surface area (Å²) in [6.07, 6.45) is 7.15. The molecule has 1 aromatic heterocycles. The predicted octanol–water partition coefficient (Wildman–Crippen LogP) is 1.42. The van der Waals surface area contributed by atoms with Crippen LogP contribution in [0.3, 0.4) is 0 Å². The van der Waals surface area contributed by atoms with Gasteiger partial charge in [-0.3, -0.25) is 4.79 Å². The third kappa shape index (κ3) is 2.91. The van der Waals surface area contributed by atoms with Crippen LogP contribution in [-0.2, 0) is 12.8 Å². The number of aryl methyl sites for hydroxylation is 1. The highest BCUT2D eigenvalue weighted by atomic mass is 32.1. The number of hydrogen-bond donors (Lipinski definition) is 2. The van der Waals surface area contributed by atoms with Crippen molar-refractivity contribution in [2.75, 3.05) is 19.6 Å². The maximum Gasteiger partial charge on any atom is 0.262 e. The first-order chi connectivity index (χ1) is 9.78. The van der Waals surface area contributed by atoms with Gasteiger partial charge in [0.25, 0.3) is 5.91 Å². The van der Waals surface area contributed by atoms with Gasteiger partial charge in [0.15, 0.2) is 0 Å². The van der Waals surface area contributed by atoms with Gasteiger partial charge in [-0.2, -0.15) is 0 Å². The molecule has 4 heteroatoms. The number of quaternary nitrogens is 1. The lowest BCUT2D eigenvalue weighted by Gasteiger charge is -2.29. The molecule has 2 N–H and O–H groups in total. The van der Waals surface area contributed by atoms with E-state index in [0.29, 0.717) is 6.04 Å². The van der Waals surface area contributed by atoms with E-state index in [1.165, 1.54) is 43.5 Å². The minimum absolute atomic E-state index is 0.181. The van der Waals surface area contributed by atoms with Crippen molar-refractivity contribution in [2.24, 2.45) is 0 Å². The van der Waals surface area contributed by atoms with Gasteiger partial charge >= 0.3 is 0 Å². The van der Waals surface area contributed by atoms with Crippen LogP contribution in [0.4, 0.5) is 0 Å². The Hall–Kier alpha value is -0.870. The quantitative estimate of drug-likeness (QED) is 0.868. The second kappa shape index (κ2) is 6.27. The number of piperidine rings is 1. The Balaban J connectivity index is 1.66. The van der Waals surface area contributed by atoms with Gasteiger partial charge in [0, 0.05) is 0 Å². The lowest BCUT2D eigenvalue weighted by atomic mass is 9.93. The van der Waals surface area contributed by atoms with E-state index in [0.717, 1.165) is 30.7 Å². The molecule has 2 aliphatic rings. The molecule has 1 amide bonds. The second-order valence-electron chi connectivity index (χ2n) is 6.15. The van der Waals surface area contributed by atoms with Gasteiger partial charge < -0.3 is 10.2 Å². The lowest BCUT2D eigenvalue weighted by Crippen LogP contribution is -3.14. The maximum absolute atomic E-state index is 12.5. The van der Waals surface area contributed by atoms with E-state index in [4.69, 9.17) is 0 Å². The van der Waals surface area contributed by atoms with Gasteiger partial charge in [0.05, 0.1) is 30.6 Å². The molecule has 1 saturated heterocycles.